The van der Waals surface area contributed by atoms with Crippen LogP contribution in [0.2, 0.25) is 0 Å². The van der Waals surface area contributed by atoms with Gasteiger partial charge in [-0.1, -0.05) is 316 Å². The first-order valence-electron chi connectivity index (χ1n) is 32.0. The van der Waals surface area contributed by atoms with Crippen molar-refractivity contribution in [3.05, 3.63) is 47.2 Å². The van der Waals surface area contributed by atoms with Gasteiger partial charge in [-0.2, -0.15) is 0 Å². The summed E-state index contributed by atoms with van der Waals surface area (Å²) in [7, 11) is 0. The molecule has 0 amide bonds. The molecule has 0 spiro atoms. The minimum Gasteiger partial charge on any atom is -0.490 e. The van der Waals surface area contributed by atoms with E-state index in [9.17, 15) is 4.79 Å². The fourth-order valence-corrected chi connectivity index (χ4v) is 10.2. The molecule has 2 rings (SSSR count). The molecule has 0 N–H and O–H groups in total. The lowest BCUT2D eigenvalue weighted by Gasteiger charge is -2.19. The van der Waals surface area contributed by atoms with Crippen LogP contribution < -0.4 is 14.2 Å². The van der Waals surface area contributed by atoms with Crippen molar-refractivity contribution in [3.63, 3.8) is 0 Å². The first-order chi connectivity index (χ1) is 35.7. The molecule has 0 atom stereocenters. The standard InChI is InChI=1S/C67H118O5/c1-4-7-10-13-16-19-22-25-28-31-34-37-40-43-46-51-56-69-64-59-62(61-72-67(68)63-54-49-50-55-63)60-65(70-57-52-47-44-41-38-35-32-29-26-23-20-17-14-11-8-5-2)66(64)71-58-53-48-45-42-39-36-33-30-27-24-21-18-15-12-9-6-3/h49-50,54,59-60H,4-48,51-53,56-58,61H2,1-3H3. The van der Waals surface area contributed by atoms with Crippen LogP contribution in [0.3, 0.4) is 0 Å². The zero-order valence-electron chi connectivity index (χ0n) is 48.2. The van der Waals surface area contributed by atoms with Gasteiger partial charge in [-0.25, -0.2) is 4.79 Å². The molecule has 72 heavy (non-hydrogen) atoms. The number of rotatable bonds is 57. The van der Waals surface area contributed by atoms with Gasteiger partial charge < -0.3 is 18.9 Å². The van der Waals surface area contributed by atoms with Gasteiger partial charge in [0.15, 0.2) is 11.5 Å². The SMILES string of the molecule is CCCCCCCCCCCCCCCCCCOc1cc(COC(=O)C2=C=CC=C2)cc(OCCCCCCCCCCCCCCCCCC)c1OCCCCCCCCCCCCCCCCCC. The number of hydrogen-bond donors (Lipinski definition) is 0. The molecule has 5 heteroatoms. The third kappa shape index (κ3) is 39.8. The lowest BCUT2D eigenvalue weighted by molar-refractivity contribution is -0.139. The Labute approximate surface area is 447 Å². The van der Waals surface area contributed by atoms with Crippen LogP contribution in [0.25, 0.3) is 0 Å². The summed E-state index contributed by atoms with van der Waals surface area (Å²) in [6.07, 6.45) is 70.0. The molecule has 0 unspecified atom stereocenters. The molecular formula is C67H118O5. The summed E-state index contributed by atoms with van der Waals surface area (Å²) in [6, 6.07) is 4.03. The van der Waals surface area contributed by atoms with Crippen LogP contribution in [0.15, 0.2) is 41.7 Å². The topological polar surface area (TPSA) is 54.0 Å². The number of unbranched alkanes of at least 4 members (excludes halogenated alkanes) is 45. The van der Waals surface area contributed by atoms with E-state index in [1.807, 2.05) is 18.2 Å². The van der Waals surface area contributed by atoms with Crippen LogP contribution in [0.1, 0.15) is 335 Å². The highest BCUT2D eigenvalue weighted by molar-refractivity contribution is 5.92. The average molecular weight is 1000 g/mol. The average Bonchev–Trinajstić information content (AvgIpc) is 3.94. The van der Waals surface area contributed by atoms with Crippen molar-refractivity contribution in [3.8, 4) is 17.2 Å². The number of carbonyl (C=O) groups is 1. The maximum atomic E-state index is 12.9. The molecule has 1 aliphatic carbocycles. The van der Waals surface area contributed by atoms with Crippen LogP contribution in [0.5, 0.6) is 17.2 Å². The van der Waals surface area contributed by atoms with Crippen LogP contribution >= 0.6 is 0 Å². The summed E-state index contributed by atoms with van der Waals surface area (Å²) in [4.78, 5) is 12.9. The molecule has 0 saturated carbocycles. The molecular weight excluding hydrogens is 885 g/mol. The minimum absolute atomic E-state index is 0.141. The Kier molecular flexibility index (Phi) is 47.1. The summed E-state index contributed by atoms with van der Waals surface area (Å²) in [5, 5.41) is 0. The molecule has 0 saturated heterocycles. The first kappa shape index (κ1) is 65.5. The Morgan fingerprint density at radius 2 is 0.625 bits per heavy atom. The highest BCUT2D eigenvalue weighted by atomic mass is 16.5. The second kappa shape index (κ2) is 51.8. The van der Waals surface area contributed by atoms with E-state index >= 15 is 0 Å². The molecule has 0 aromatic heterocycles. The molecule has 0 heterocycles. The Bertz CT molecular complexity index is 1380. The summed E-state index contributed by atoms with van der Waals surface area (Å²) in [5.41, 5.74) is 4.28. The number of ether oxygens (including phenoxy) is 4. The number of hydrogen-bond acceptors (Lipinski definition) is 5. The van der Waals surface area contributed by atoms with Crippen LogP contribution in [-0.4, -0.2) is 25.8 Å². The highest BCUT2D eigenvalue weighted by Gasteiger charge is 2.18. The smallest absolute Gasteiger partial charge is 0.346 e. The molecule has 1 aromatic carbocycles. The van der Waals surface area contributed by atoms with Gasteiger partial charge in [0.25, 0.3) is 0 Å². The molecule has 0 bridgehead atoms. The van der Waals surface area contributed by atoms with Crippen molar-refractivity contribution in [1.29, 1.82) is 0 Å². The number of allylic oxidation sites excluding steroid dienone is 1. The maximum absolute atomic E-state index is 12.9. The van der Waals surface area contributed by atoms with Crippen LogP contribution in [0, 0.1) is 0 Å². The van der Waals surface area contributed by atoms with Crippen molar-refractivity contribution in [2.45, 2.75) is 336 Å². The van der Waals surface area contributed by atoms with Crippen molar-refractivity contribution < 1.29 is 23.7 Å². The fraction of sp³-hybridized carbons (Fsp3) is 0.821. The van der Waals surface area contributed by atoms with Crippen molar-refractivity contribution in [1.82, 2.24) is 0 Å². The quantitative estimate of drug-likeness (QED) is 0.0370. The third-order valence-electron chi connectivity index (χ3n) is 15.0. The summed E-state index contributed by atoms with van der Waals surface area (Å²) >= 11 is 0. The van der Waals surface area contributed by atoms with Gasteiger partial charge in [0.2, 0.25) is 5.75 Å². The van der Waals surface area contributed by atoms with Gasteiger partial charge in [0, 0.05) is 0 Å². The molecule has 416 valence electrons. The maximum Gasteiger partial charge on any atom is 0.346 e. The van der Waals surface area contributed by atoms with Crippen LogP contribution in [-0.2, 0) is 16.1 Å². The second-order valence-corrected chi connectivity index (χ2v) is 22.0. The third-order valence-corrected chi connectivity index (χ3v) is 15.0. The van der Waals surface area contributed by atoms with Gasteiger partial charge in [-0.3, -0.25) is 0 Å². The molecule has 1 aromatic rings. The lowest BCUT2D eigenvalue weighted by Crippen LogP contribution is -2.09. The predicted octanol–water partition coefficient (Wildman–Crippen LogP) is 22.3. The number of esters is 1. The summed E-state index contributed by atoms with van der Waals surface area (Å²) < 4.78 is 25.6. The molecule has 5 nitrogen and oxygen atoms in total. The number of benzene rings is 1. The molecule has 0 radical (unpaired) electrons. The molecule has 0 aliphatic heterocycles. The monoisotopic (exact) mass is 1000 g/mol. The van der Waals surface area contributed by atoms with Gasteiger partial charge >= 0.3 is 5.97 Å². The van der Waals surface area contributed by atoms with E-state index in [4.69, 9.17) is 18.9 Å². The Hall–Kier alpha value is -2.65. The summed E-state index contributed by atoms with van der Waals surface area (Å²) in [6.45, 7) is 8.95. The van der Waals surface area contributed by atoms with Crippen molar-refractivity contribution in [2.75, 3.05) is 19.8 Å². The lowest BCUT2D eigenvalue weighted by atomic mass is 10.0. The van der Waals surface area contributed by atoms with Gasteiger partial charge in [0.05, 0.1) is 19.8 Å². The van der Waals surface area contributed by atoms with Crippen molar-refractivity contribution >= 4 is 5.97 Å². The van der Waals surface area contributed by atoms with E-state index in [0.717, 1.165) is 24.8 Å². The van der Waals surface area contributed by atoms with Gasteiger partial charge in [0.1, 0.15) is 12.2 Å². The first-order valence-corrected chi connectivity index (χ1v) is 32.0. The van der Waals surface area contributed by atoms with E-state index in [1.54, 1.807) is 12.2 Å². The van der Waals surface area contributed by atoms with Crippen molar-refractivity contribution in [2.24, 2.45) is 0 Å². The van der Waals surface area contributed by atoms with E-state index in [1.165, 1.54) is 289 Å². The van der Waals surface area contributed by atoms with Gasteiger partial charge in [-0.15, -0.1) is 5.73 Å². The molecule has 0 fully saturated rings. The van der Waals surface area contributed by atoms with E-state index < -0.39 is 0 Å². The predicted molar refractivity (Wildman–Crippen MR) is 312 cm³/mol. The second-order valence-electron chi connectivity index (χ2n) is 22.0. The molecule has 1 aliphatic rings. The van der Waals surface area contributed by atoms with E-state index in [2.05, 4.69) is 26.5 Å². The largest absolute Gasteiger partial charge is 0.490 e. The fourth-order valence-electron chi connectivity index (χ4n) is 10.2. The highest BCUT2D eigenvalue weighted by Crippen LogP contribution is 2.40. The number of carbonyl (C=O) groups excluding carboxylic acids is 1. The van der Waals surface area contributed by atoms with Gasteiger partial charge in [-0.05, 0) is 49.1 Å². The Morgan fingerprint density at radius 3 is 0.889 bits per heavy atom. The zero-order chi connectivity index (χ0) is 51.3. The Morgan fingerprint density at radius 1 is 0.361 bits per heavy atom. The van der Waals surface area contributed by atoms with Crippen LogP contribution in [0.4, 0.5) is 0 Å². The Balaban J connectivity index is 1.85. The zero-order valence-corrected chi connectivity index (χ0v) is 48.2. The normalized spacial score (nSPS) is 12.0. The summed E-state index contributed by atoms with van der Waals surface area (Å²) in [5.74, 6) is 1.77. The minimum atomic E-state index is -0.366. The van der Waals surface area contributed by atoms with E-state index in [0.29, 0.717) is 42.6 Å². The van der Waals surface area contributed by atoms with E-state index in [-0.39, 0.29) is 12.6 Å².